The third kappa shape index (κ3) is 5.02. The molecule has 154 valence electrons. The van der Waals surface area contributed by atoms with Gasteiger partial charge in [-0.15, -0.1) is 0 Å². The Morgan fingerprint density at radius 3 is 2.31 bits per heavy atom. The number of carbonyl (C=O) groups excluding carboxylic acids is 1. The summed E-state index contributed by atoms with van der Waals surface area (Å²) in [5, 5.41) is 0.736. The molecule has 0 saturated heterocycles. The number of nitrogens with zero attached hydrogens (tertiary/aromatic N) is 1. The summed E-state index contributed by atoms with van der Waals surface area (Å²) in [4.78, 5) is 25.5. The Morgan fingerprint density at radius 1 is 1.10 bits per heavy atom. The Balaban J connectivity index is 0.00000145. The van der Waals surface area contributed by atoms with Crippen LogP contribution in [-0.2, 0) is 4.79 Å². The van der Waals surface area contributed by atoms with Crippen molar-refractivity contribution in [1.29, 1.82) is 0 Å². The van der Waals surface area contributed by atoms with Crippen molar-refractivity contribution in [2.75, 3.05) is 14.1 Å². The van der Waals surface area contributed by atoms with Gasteiger partial charge in [0, 0.05) is 37.2 Å². The van der Waals surface area contributed by atoms with Crippen molar-refractivity contribution < 1.29 is 18.3 Å². The Hall–Kier alpha value is -3.15. The van der Waals surface area contributed by atoms with Crippen molar-refractivity contribution in [3.8, 4) is 16.9 Å². The smallest absolute Gasteiger partial charge is 0.336 e. The van der Waals surface area contributed by atoms with Crippen LogP contribution in [0.4, 0.5) is 4.39 Å². The monoisotopic (exact) mass is 399 g/mol. The SMILES string of the molecule is CC.Cc1cc(OC(C)C(=O)N(C)C)cc2oc(=O)cc(-c3ccc(F)cc3)c12. The van der Waals surface area contributed by atoms with Crippen LogP contribution in [0.25, 0.3) is 22.1 Å². The first-order chi connectivity index (χ1) is 13.8. The average molecular weight is 399 g/mol. The largest absolute Gasteiger partial charge is 0.481 e. The third-order valence-corrected chi connectivity index (χ3v) is 4.27. The molecule has 2 aromatic carbocycles. The van der Waals surface area contributed by atoms with Crippen molar-refractivity contribution in [2.24, 2.45) is 0 Å². The van der Waals surface area contributed by atoms with E-state index in [-0.39, 0.29) is 11.7 Å². The van der Waals surface area contributed by atoms with E-state index in [0.29, 0.717) is 22.5 Å². The molecule has 1 unspecified atom stereocenters. The van der Waals surface area contributed by atoms with Crippen LogP contribution < -0.4 is 10.4 Å². The number of likely N-dealkylation sites (N-methyl/N-ethyl adjacent to an activating group) is 1. The van der Waals surface area contributed by atoms with Crippen LogP contribution >= 0.6 is 0 Å². The molecule has 0 bridgehead atoms. The van der Waals surface area contributed by atoms with Gasteiger partial charge in [0.2, 0.25) is 0 Å². The second-order valence-corrected chi connectivity index (χ2v) is 6.59. The number of hydrogen-bond donors (Lipinski definition) is 0. The fraction of sp³-hybridized carbons (Fsp3) is 0.304. The summed E-state index contributed by atoms with van der Waals surface area (Å²) in [6.07, 6.45) is -0.677. The lowest BCUT2D eigenvalue weighted by atomic mass is 9.98. The molecule has 0 radical (unpaired) electrons. The summed E-state index contributed by atoms with van der Waals surface area (Å²) >= 11 is 0. The molecule has 1 aromatic heterocycles. The lowest BCUT2D eigenvalue weighted by Crippen LogP contribution is -2.35. The number of benzene rings is 2. The molecule has 29 heavy (non-hydrogen) atoms. The van der Waals surface area contributed by atoms with E-state index in [2.05, 4.69) is 0 Å². The number of halogens is 1. The predicted molar refractivity (Wildman–Crippen MR) is 113 cm³/mol. The van der Waals surface area contributed by atoms with E-state index in [1.54, 1.807) is 45.3 Å². The second-order valence-electron chi connectivity index (χ2n) is 6.59. The highest BCUT2D eigenvalue weighted by atomic mass is 19.1. The zero-order valence-corrected chi connectivity index (χ0v) is 17.6. The van der Waals surface area contributed by atoms with Crippen molar-refractivity contribution in [3.63, 3.8) is 0 Å². The van der Waals surface area contributed by atoms with Gasteiger partial charge in [-0.1, -0.05) is 26.0 Å². The number of fused-ring (bicyclic) bond motifs is 1. The molecule has 3 rings (SSSR count). The van der Waals surface area contributed by atoms with E-state index in [1.165, 1.54) is 23.1 Å². The number of amides is 1. The molecular weight excluding hydrogens is 373 g/mol. The quantitative estimate of drug-likeness (QED) is 0.592. The van der Waals surface area contributed by atoms with Gasteiger partial charge in [-0.25, -0.2) is 9.18 Å². The minimum atomic E-state index is -0.677. The fourth-order valence-electron chi connectivity index (χ4n) is 3.02. The van der Waals surface area contributed by atoms with Crippen LogP contribution in [0.15, 0.2) is 51.7 Å². The van der Waals surface area contributed by atoms with Gasteiger partial charge in [0.25, 0.3) is 5.91 Å². The molecule has 1 heterocycles. The van der Waals surface area contributed by atoms with Crippen molar-refractivity contribution in [1.82, 2.24) is 4.90 Å². The number of hydrogen-bond acceptors (Lipinski definition) is 4. The Labute approximate surface area is 169 Å². The molecule has 6 heteroatoms. The molecule has 0 N–H and O–H groups in total. The first-order valence-electron chi connectivity index (χ1n) is 9.48. The van der Waals surface area contributed by atoms with Crippen LogP contribution in [0.2, 0.25) is 0 Å². The first-order valence-corrected chi connectivity index (χ1v) is 9.48. The van der Waals surface area contributed by atoms with Gasteiger partial charge in [0.05, 0.1) is 0 Å². The molecule has 0 saturated carbocycles. The third-order valence-electron chi connectivity index (χ3n) is 4.27. The van der Waals surface area contributed by atoms with E-state index < -0.39 is 11.7 Å². The summed E-state index contributed by atoms with van der Waals surface area (Å²) in [5.74, 6) is -0.0886. The Kier molecular flexibility index (Phi) is 7.15. The summed E-state index contributed by atoms with van der Waals surface area (Å²) in [5.41, 5.74) is 2.01. The van der Waals surface area contributed by atoms with Crippen LogP contribution in [0, 0.1) is 12.7 Å². The summed E-state index contributed by atoms with van der Waals surface area (Å²) in [7, 11) is 3.31. The zero-order chi connectivity index (χ0) is 21.7. The molecule has 1 atom stereocenters. The van der Waals surface area contributed by atoms with Gasteiger partial charge in [0.15, 0.2) is 6.10 Å². The number of ether oxygens (including phenoxy) is 1. The number of carbonyl (C=O) groups is 1. The Morgan fingerprint density at radius 2 is 1.72 bits per heavy atom. The Bertz CT molecular complexity index is 1050. The standard InChI is InChI=1S/C21H20FNO4.C2H6/c1-12-9-16(26-13(2)21(25)23(3)4)10-18-20(12)17(11-19(24)27-18)14-5-7-15(22)8-6-14;1-2/h5-11,13H,1-4H3;1-2H3. The number of rotatable bonds is 4. The van der Waals surface area contributed by atoms with Gasteiger partial charge in [-0.3, -0.25) is 4.79 Å². The van der Waals surface area contributed by atoms with E-state index >= 15 is 0 Å². The lowest BCUT2D eigenvalue weighted by Gasteiger charge is -2.19. The van der Waals surface area contributed by atoms with E-state index in [9.17, 15) is 14.0 Å². The van der Waals surface area contributed by atoms with Gasteiger partial charge in [-0.2, -0.15) is 0 Å². The van der Waals surface area contributed by atoms with Crippen molar-refractivity contribution >= 4 is 16.9 Å². The highest BCUT2D eigenvalue weighted by Gasteiger charge is 2.18. The maximum Gasteiger partial charge on any atom is 0.336 e. The lowest BCUT2D eigenvalue weighted by molar-refractivity contribution is -0.135. The molecule has 0 aliphatic heterocycles. The zero-order valence-electron chi connectivity index (χ0n) is 17.6. The van der Waals surface area contributed by atoms with E-state index in [1.807, 2.05) is 20.8 Å². The molecule has 0 spiro atoms. The topological polar surface area (TPSA) is 59.8 Å². The van der Waals surface area contributed by atoms with Crippen LogP contribution in [0.1, 0.15) is 26.3 Å². The van der Waals surface area contributed by atoms with Crippen molar-refractivity contribution in [3.05, 3.63) is 64.3 Å². The number of aryl methyl sites for hydroxylation is 1. The predicted octanol–water partition coefficient (Wildman–Crippen LogP) is 4.79. The molecule has 3 aromatic rings. The average Bonchev–Trinajstić information content (AvgIpc) is 2.68. The van der Waals surface area contributed by atoms with Gasteiger partial charge in [-0.05, 0) is 43.2 Å². The molecule has 5 nitrogen and oxygen atoms in total. The van der Waals surface area contributed by atoms with Gasteiger partial charge < -0.3 is 14.1 Å². The van der Waals surface area contributed by atoms with Gasteiger partial charge in [0.1, 0.15) is 17.1 Å². The summed E-state index contributed by atoms with van der Waals surface area (Å²) in [6, 6.07) is 10.7. The normalized spacial score (nSPS) is 11.4. The van der Waals surface area contributed by atoms with Gasteiger partial charge >= 0.3 is 5.63 Å². The fourth-order valence-corrected chi connectivity index (χ4v) is 3.02. The van der Waals surface area contributed by atoms with Crippen LogP contribution in [0.5, 0.6) is 5.75 Å². The molecular formula is C23H26FNO4. The van der Waals surface area contributed by atoms with E-state index in [0.717, 1.165) is 10.9 Å². The highest BCUT2D eigenvalue weighted by molar-refractivity contribution is 5.96. The van der Waals surface area contributed by atoms with Crippen LogP contribution in [0.3, 0.4) is 0 Å². The minimum Gasteiger partial charge on any atom is -0.481 e. The second kappa shape index (κ2) is 9.37. The van der Waals surface area contributed by atoms with Crippen molar-refractivity contribution in [2.45, 2.75) is 33.8 Å². The first kappa shape index (κ1) is 22.1. The van der Waals surface area contributed by atoms with Crippen LogP contribution in [-0.4, -0.2) is 31.0 Å². The van der Waals surface area contributed by atoms with E-state index in [4.69, 9.17) is 9.15 Å². The summed E-state index contributed by atoms with van der Waals surface area (Å²) in [6.45, 7) is 7.52. The molecule has 1 amide bonds. The molecule has 0 fully saturated rings. The highest BCUT2D eigenvalue weighted by Crippen LogP contribution is 2.33. The summed E-state index contributed by atoms with van der Waals surface area (Å²) < 4.78 is 24.3. The minimum absolute atomic E-state index is 0.172. The molecule has 0 aliphatic rings. The maximum absolute atomic E-state index is 13.2. The maximum atomic E-state index is 13.2. The molecule has 0 aliphatic carbocycles.